The molecule has 3 nitrogen and oxygen atoms in total. The summed E-state index contributed by atoms with van der Waals surface area (Å²) in [5.41, 5.74) is 3.11. The van der Waals surface area contributed by atoms with E-state index in [2.05, 4.69) is 24.5 Å². The van der Waals surface area contributed by atoms with Gasteiger partial charge in [-0.05, 0) is 37.3 Å². The van der Waals surface area contributed by atoms with Gasteiger partial charge in [0.1, 0.15) is 0 Å². The Bertz CT molecular complexity index is 409. The van der Waals surface area contributed by atoms with Crippen LogP contribution in [0.4, 0.5) is 10.5 Å². The number of unbranched alkanes of at least 4 members (excludes halogenated alkanes) is 1. The van der Waals surface area contributed by atoms with Crippen LogP contribution in [0.3, 0.4) is 0 Å². The Labute approximate surface area is 123 Å². The lowest BCUT2D eigenvalue weighted by molar-refractivity contribution is 0.249. The van der Waals surface area contributed by atoms with E-state index in [0.717, 1.165) is 29.8 Å². The van der Waals surface area contributed by atoms with Crippen LogP contribution in [0.5, 0.6) is 0 Å². The molecule has 0 heterocycles. The number of anilines is 1. The molecule has 2 amide bonds. The van der Waals surface area contributed by atoms with Crippen LogP contribution in [-0.4, -0.2) is 12.6 Å². The highest BCUT2D eigenvalue weighted by Gasteiger charge is 2.10. The molecule has 0 aliphatic carbocycles. The van der Waals surface area contributed by atoms with Crippen molar-refractivity contribution in [1.82, 2.24) is 5.32 Å². The van der Waals surface area contributed by atoms with E-state index in [4.69, 9.17) is 0 Å². The quantitative estimate of drug-likeness (QED) is 0.748. The van der Waals surface area contributed by atoms with E-state index >= 15 is 0 Å². The molecule has 3 heteroatoms. The zero-order chi connectivity index (χ0) is 15.0. The molecule has 2 N–H and O–H groups in total. The maximum atomic E-state index is 12.0. The van der Waals surface area contributed by atoms with Gasteiger partial charge in [0.2, 0.25) is 0 Å². The highest BCUT2D eigenvalue weighted by molar-refractivity contribution is 5.90. The molecule has 0 saturated heterocycles. The first kappa shape index (κ1) is 16.5. The Morgan fingerprint density at radius 2 is 1.85 bits per heavy atom. The first-order valence-electron chi connectivity index (χ1n) is 7.69. The average molecular weight is 276 g/mol. The van der Waals surface area contributed by atoms with E-state index in [1.807, 2.05) is 32.0 Å². The van der Waals surface area contributed by atoms with Crippen LogP contribution in [0.25, 0.3) is 0 Å². The molecule has 0 spiro atoms. The van der Waals surface area contributed by atoms with Gasteiger partial charge in [-0.3, -0.25) is 0 Å². The normalized spacial score (nSPS) is 12.0. The first-order chi connectivity index (χ1) is 9.58. The second kappa shape index (κ2) is 8.62. The maximum Gasteiger partial charge on any atom is 0.319 e. The molecular weight excluding hydrogens is 248 g/mol. The van der Waals surface area contributed by atoms with E-state index < -0.39 is 0 Å². The van der Waals surface area contributed by atoms with Gasteiger partial charge in [0.25, 0.3) is 0 Å². The third kappa shape index (κ3) is 5.24. The fraction of sp³-hybridized carbons (Fsp3) is 0.588. The predicted octanol–water partition coefficient (Wildman–Crippen LogP) is 4.64. The minimum absolute atomic E-state index is 0.0997. The van der Waals surface area contributed by atoms with Gasteiger partial charge in [-0.2, -0.15) is 0 Å². The molecule has 0 aromatic heterocycles. The Hall–Kier alpha value is -1.51. The van der Waals surface area contributed by atoms with Gasteiger partial charge < -0.3 is 10.6 Å². The Morgan fingerprint density at radius 1 is 1.20 bits per heavy atom. The van der Waals surface area contributed by atoms with Crippen LogP contribution < -0.4 is 10.6 Å². The standard InChI is InChI=1S/C17H28N2O/c1-5-7-11-15(6-2)12-18-17(20)19-16-13(3)9-8-10-14(16)4/h8-10,15H,5-7,11-12H2,1-4H3,(H2,18,19,20). The Morgan fingerprint density at radius 3 is 2.40 bits per heavy atom. The van der Waals surface area contributed by atoms with Gasteiger partial charge in [0, 0.05) is 12.2 Å². The van der Waals surface area contributed by atoms with Crippen LogP contribution in [-0.2, 0) is 0 Å². The highest BCUT2D eigenvalue weighted by atomic mass is 16.2. The van der Waals surface area contributed by atoms with Crippen LogP contribution in [0, 0.1) is 19.8 Å². The molecule has 1 atom stereocenters. The van der Waals surface area contributed by atoms with Crippen molar-refractivity contribution >= 4 is 11.7 Å². The molecule has 0 aliphatic heterocycles. The van der Waals surface area contributed by atoms with Gasteiger partial charge in [-0.1, -0.05) is 51.3 Å². The summed E-state index contributed by atoms with van der Waals surface area (Å²) in [6.07, 6.45) is 4.75. The summed E-state index contributed by atoms with van der Waals surface area (Å²) in [5, 5.41) is 5.96. The Balaban J connectivity index is 2.47. The van der Waals surface area contributed by atoms with Crippen LogP contribution in [0.2, 0.25) is 0 Å². The summed E-state index contributed by atoms with van der Waals surface area (Å²) in [5.74, 6) is 0.582. The van der Waals surface area contributed by atoms with E-state index in [9.17, 15) is 4.79 Å². The Kier molecular flexibility index (Phi) is 7.13. The number of hydrogen-bond acceptors (Lipinski definition) is 1. The topological polar surface area (TPSA) is 41.1 Å². The van der Waals surface area contributed by atoms with Gasteiger partial charge in [-0.15, -0.1) is 0 Å². The molecule has 0 saturated carbocycles. The van der Waals surface area contributed by atoms with Crippen molar-refractivity contribution in [1.29, 1.82) is 0 Å². The number of hydrogen-bond donors (Lipinski definition) is 2. The number of rotatable bonds is 7. The summed E-state index contributed by atoms with van der Waals surface area (Å²) >= 11 is 0. The molecule has 20 heavy (non-hydrogen) atoms. The smallest absolute Gasteiger partial charge is 0.319 e. The van der Waals surface area contributed by atoms with Crippen molar-refractivity contribution in [3.8, 4) is 0 Å². The fourth-order valence-corrected chi connectivity index (χ4v) is 2.35. The lowest BCUT2D eigenvalue weighted by Gasteiger charge is -2.17. The lowest BCUT2D eigenvalue weighted by atomic mass is 9.99. The predicted molar refractivity (Wildman–Crippen MR) is 86.2 cm³/mol. The van der Waals surface area contributed by atoms with Gasteiger partial charge >= 0.3 is 6.03 Å². The molecule has 0 aliphatic rings. The summed E-state index contributed by atoms with van der Waals surface area (Å²) in [6, 6.07) is 5.93. The van der Waals surface area contributed by atoms with Crippen LogP contribution >= 0.6 is 0 Å². The maximum absolute atomic E-state index is 12.0. The largest absolute Gasteiger partial charge is 0.338 e. The zero-order valence-electron chi connectivity index (χ0n) is 13.3. The van der Waals surface area contributed by atoms with E-state index in [0.29, 0.717) is 5.92 Å². The van der Waals surface area contributed by atoms with Gasteiger partial charge in [0.15, 0.2) is 0 Å². The number of urea groups is 1. The van der Waals surface area contributed by atoms with Gasteiger partial charge in [0.05, 0.1) is 0 Å². The third-order valence-corrected chi connectivity index (χ3v) is 3.81. The minimum Gasteiger partial charge on any atom is -0.338 e. The second-order valence-corrected chi connectivity index (χ2v) is 5.52. The second-order valence-electron chi connectivity index (χ2n) is 5.52. The molecule has 1 aromatic carbocycles. The van der Waals surface area contributed by atoms with Crippen LogP contribution in [0.1, 0.15) is 50.7 Å². The molecular formula is C17H28N2O. The number of para-hydroxylation sites is 1. The monoisotopic (exact) mass is 276 g/mol. The third-order valence-electron chi connectivity index (χ3n) is 3.81. The van der Waals surface area contributed by atoms with Crippen molar-refractivity contribution < 1.29 is 4.79 Å². The van der Waals surface area contributed by atoms with Crippen molar-refractivity contribution in [2.75, 3.05) is 11.9 Å². The van der Waals surface area contributed by atoms with E-state index in [-0.39, 0.29) is 6.03 Å². The molecule has 112 valence electrons. The number of aryl methyl sites for hydroxylation is 2. The average Bonchev–Trinajstić information content (AvgIpc) is 2.43. The van der Waals surface area contributed by atoms with E-state index in [1.165, 1.54) is 19.3 Å². The lowest BCUT2D eigenvalue weighted by Crippen LogP contribution is -2.33. The summed E-state index contributed by atoms with van der Waals surface area (Å²) in [6.45, 7) is 9.17. The summed E-state index contributed by atoms with van der Waals surface area (Å²) < 4.78 is 0. The zero-order valence-corrected chi connectivity index (χ0v) is 13.3. The molecule has 0 radical (unpaired) electrons. The molecule has 0 bridgehead atoms. The number of nitrogens with one attached hydrogen (secondary N) is 2. The molecule has 1 rings (SSSR count). The number of carbonyl (C=O) groups excluding carboxylic acids is 1. The summed E-state index contributed by atoms with van der Waals surface area (Å²) in [4.78, 5) is 12.0. The highest BCUT2D eigenvalue weighted by Crippen LogP contribution is 2.19. The van der Waals surface area contributed by atoms with Crippen molar-refractivity contribution in [2.45, 2.75) is 53.4 Å². The SMILES string of the molecule is CCCCC(CC)CNC(=O)Nc1c(C)cccc1C. The summed E-state index contributed by atoms with van der Waals surface area (Å²) in [7, 11) is 0. The number of benzene rings is 1. The van der Waals surface area contributed by atoms with Crippen molar-refractivity contribution in [3.05, 3.63) is 29.3 Å². The minimum atomic E-state index is -0.0997. The van der Waals surface area contributed by atoms with Crippen LogP contribution in [0.15, 0.2) is 18.2 Å². The number of amides is 2. The van der Waals surface area contributed by atoms with Crippen molar-refractivity contribution in [2.24, 2.45) is 5.92 Å². The molecule has 1 aromatic rings. The first-order valence-corrected chi connectivity index (χ1v) is 7.69. The number of carbonyl (C=O) groups is 1. The van der Waals surface area contributed by atoms with E-state index in [1.54, 1.807) is 0 Å². The fourth-order valence-electron chi connectivity index (χ4n) is 2.35. The van der Waals surface area contributed by atoms with Crippen molar-refractivity contribution in [3.63, 3.8) is 0 Å². The molecule has 0 fully saturated rings. The van der Waals surface area contributed by atoms with Gasteiger partial charge in [-0.25, -0.2) is 4.79 Å². The molecule has 1 unspecified atom stereocenters.